The molecule has 2 N–H and O–H groups in total. The zero-order valence-electron chi connectivity index (χ0n) is 8.76. The number of hydrogen-bond acceptors (Lipinski definition) is 3. The van der Waals surface area contributed by atoms with Crippen molar-refractivity contribution in [3.05, 3.63) is 34.1 Å². The molecule has 0 aliphatic carbocycles. The highest BCUT2D eigenvalue weighted by Gasteiger charge is 2.04. The van der Waals surface area contributed by atoms with Crippen molar-refractivity contribution in [3.8, 4) is 0 Å². The molecular weight excluding hydrogens is 273 g/mol. The van der Waals surface area contributed by atoms with Gasteiger partial charge in [-0.25, -0.2) is 4.39 Å². The lowest BCUT2D eigenvalue weighted by molar-refractivity contribution is 0.623. The van der Waals surface area contributed by atoms with Gasteiger partial charge >= 0.3 is 0 Å². The Hall–Kier alpha value is -1.10. The molecule has 1 aliphatic heterocycles. The predicted molar refractivity (Wildman–Crippen MR) is 65.9 cm³/mol. The van der Waals surface area contributed by atoms with Crippen molar-refractivity contribution in [3.63, 3.8) is 0 Å². The molecule has 1 aromatic carbocycles. The summed E-state index contributed by atoms with van der Waals surface area (Å²) in [4.78, 5) is 4.28. The standard InChI is InChI=1S/C11H13BrFN3/c12-9-4-8(5-10(13)6-9)7-16-11-14-2-1-3-15-11/h4-6H,1-3,7H2,(H2,14,15,16). The Morgan fingerprint density at radius 2 is 2.31 bits per heavy atom. The average molecular weight is 286 g/mol. The fourth-order valence-corrected chi connectivity index (χ4v) is 2.06. The second kappa shape index (κ2) is 5.30. The lowest BCUT2D eigenvalue weighted by Gasteiger charge is -2.16. The van der Waals surface area contributed by atoms with Gasteiger partial charge in [0.25, 0.3) is 0 Å². The van der Waals surface area contributed by atoms with E-state index >= 15 is 0 Å². The molecule has 1 aromatic rings. The molecule has 0 saturated carbocycles. The second-order valence-corrected chi connectivity index (χ2v) is 4.56. The van der Waals surface area contributed by atoms with Crippen molar-refractivity contribution in [2.45, 2.75) is 13.0 Å². The Morgan fingerprint density at radius 1 is 1.44 bits per heavy atom. The fraction of sp³-hybridized carbons (Fsp3) is 0.364. The zero-order valence-corrected chi connectivity index (χ0v) is 10.3. The van der Waals surface area contributed by atoms with Crippen LogP contribution in [0.15, 0.2) is 27.7 Å². The summed E-state index contributed by atoms with van der Waals surface area (Å²) in [6, 6.07) is 4.85. The van der Waals surface area contributed by atoms with Crippen molar-refractivity contribution in [1.29, 1.82) is 0 Å². The molecule has 2 rings (SSSR count). The Kier molecular flexibility index (Phi) is 3.77. The summed E-state index contributed by atoms with van der Waals surface area (Å²) in [5.74, 6) is 0.566. The van der Waals surface area contributed by atoms with Crippen LogP contribution in [0.4, 0.5) is 4.39 Å². The number of nitrogens with zero attached hydrogens (tertiary/aromatic N) is 1. The highest BCUT2D eigenvalue weighted by atomic mass is 79.9. The molecule has 1 aliphatic rings. The van der Waals surface area contributed by atoms with Crippen molar-refractivity contribution >= 4 is 21.9 Å². The van der Waals surface area contributed by atoms with E-state index in [0.717, 1.165) is 35.5 Å². The van der Waals surface area contributed by atoms with Gasteiger partial charge in [-0.1, -0.05) is 15.9 Å². The minimum Gasteiger partial charge on any atom is -0.356 e. The molecule has 0 unspecified atom stereocenters. The number of rotatable bonds is 2. The molecule has 0 fully saturated rings. The van der Waals surface area contributed by atoms with Crippen molar-refractivity contribution in [2.24, 2.45) is 4.99 Å². The van der Waals surface area contributed by atoms with E-state index < -0.39 is 0 Å². The highest BCUT2D eigenvalue weighted by molar-refractivity contribution is 9.10. The Balaban J connectivity index is 1.96. The number of halogens is 2. The molecule has 0 spiro atoms. The summed E-state index contributed by atoms with van der Waals surface area (Å²) in [5, 5.41) is 6.30. The average Bonchev–Trinajstić information content (AvgIpc) is 2.27. The largest absolute Gasteiger partial charge is 0.356 e. The zero-order chi connectivity index (χ0) is 11.4. The molecule has 0 bridgehead atoms. The summed E-state index contributed by atoms with van der Waals surface area (Å²) in [5.41, 5.74) is 0.891. The molecule has 0 amide bonds. The van der Waals surface area contributed by atoms with Crippen LogP contribution >= 0.6 is 15.9 Å². The minimum absolute atomic E-state index is 0.232. The first kappa shape index (κ1) is 11.4. The monoisotopic (exact) mass is 285 g/mol. The number of nitrogens with one attached hydrogen (secondary N) is 2. The van der Waals surface area contributed by atoms with E-state index in [1.54, 1.807) is 0 Å². The van der Waals surface area contributed by atoms with Gasteiger partial charge in [0.1, 0.15) is 5.82 Å². The number of hydrogen-bond donors (Lipinski definition) is 2. The van der Waals surface area contributed by atoms with Crippen molar-refractivity contribution < 1.29 is 4.39 Å². The van der Waals surface area contributed by atoms with Gasteiger partial charge in [0, 0.05) is 24.1 Å². The van der Waals surface area contributed by atoms with Crippen LogP contribution in [-0.4, -0.2) is 19.0 Å². The molecule has 86 valence electrons. The van der Waals surface area contributed by atoms with Crippen LogP contribution in [0.1, 0.15) is 12.0 Å². The van der Waals surface area contributed by atoms with E-state index in [1.807, 2.05) is 6.07 Å². The molecule has 0 radical (unpaired) electrons. The minimum atomic E-state index is -0.232. The summed E-state index contributed by atoms with van der Waals surface area (Å²) >= 11 is 3.27. The first-order valence-electron chi connectivity index (χ1n) is 5.21. The molecule has 0 atom stereocenters. The Labute approximate surface area is 102 Å². The van der Waals surface area contributed by atoms with Crippen molar-refractivity contribution in [2.75, 3.05) is 13.1 Å². The maximum Gasteiger partial charge on any atom is 0.191 e. The normalized spacial score (nSPS) is 15.2. The third-order valence-electron chi connectivity index (χ3n) is 2.28. The van der Waals surface area contributed by atoms with Gasteiger partial charge in [0.05, 0.1) is 0 Å². The van der Waals surface area contributed by atoms with Gasteiger partial charge in [-0.05, 0) is 30.2 Å². The van der Waals surface area contributed by atoms with Gasteiger partial charge in [-0.15, -0.1) is 0 Å². The molecule has 0 saturated heterocycles. The van der Waals surface area contributed by atoms with E-state index in [0.29, 0.717) is 6.54 Å². The van der Waals surface area contributed by atoms with Crippen LogP contribution in [0, 0.1) is 5.82 Å². The smallest absolute Gasteiger partial charge is 0.191 e. The van der Waals surface area contributed by atoms with E-state index in [1.165, 1.54) is 12.1 Å². The van der Waals surface area contributed by atoms with Gasteiger partial charge in [0.2, 0.25) is 0 Å². The Bertz CT molecular complexity index is 386. The SMILES string of the molecule is Fc1cc(Br)cc(CNC2=NCCCN2)c1. The number of benzene rings is 1. The van der Waals surface area contributed by atoms with Gasteiger partial charge in [-0.3, -0.25) is 4.99 Å². The fourth-order valence-electron chi connectivity index (χ4n) is 1.55. The first-order valence-corrected chi connectivity index (χ1v) is 6.00. The van der Waals surface area contributed by atoms with Gasteiger partial charge in [0.15, 0.2) is 5.96 Å². The Morgan fingerprint density at radius 3 is 3.00 bits per heavy atom. The third kappa shape index (κ3) is 3.20. The van der Waals surface area contributed by atoms with Crippen molar-refractivity contribution in [1.82, 2.24) is 10.6 Å². The summed E-state index contributed by atoms with van der Waals surface area (Å²) in [6.45, 7) is 2.36. The predicted octanol–water partition coefficient (Wildman–Crippen LogP) is 2.03. The lowest BCUT2D eigenvalue weighted by Crippen LogP contribution is -2.40. The van der Waals surface area contributed by atoms with Crippen LogP contribution in [0.5, 0.6) is 0 Å². The first-order chi connectivity index (χ1) is 7.74. The van der Waals surface area contributed by atoms with E-state index in [4.69, 9.17) is 0 Å². The number of guanidine groups is 1. The number of aliphatic imine (C=N–C) groups is 1. The van der Waals surface area contributed by atoms with Crippen LogP contribution in [-0.2, 0) is 6.54 Å². The highest BCUT2D eigenvalue weighted by Crippen LogP contribution is 2.14. The van der Waals surface area contributed by atoms with Crippen LogP contribution < -0.4 is 10.6 Å². The van der Waals surface area contributed by atoms with Crippen LogP contribution in [0.3, 0.4) is 0 Å². The quantitative estimate of drug-likeness (QED) is 0.872. The van der Waals surface area contributed by atoms with E-state index in [9.17, 15) is 4.39 Å². The summed E-state index contributed by atoms with van der Waals surface area (Å²) < 4.78 is 13.8. The van der Waals surface area contributed by atoms with Gasteiger partial charge < -0.3 is 10.6 Å². The molecule has 5 heteroatoms. The van der Waals surface area contributed by atoms with Gasteiger partial charge in [-0.2, -0.15) is 0 Å². The van der Waals surface area contributed by atoms with Crippen LogP contribution in [0.2, 0.25) is 0 Å². The van der Waals surface area contributed by atoms with E-state index in [-0.39, 0.29) is 5.82 Å². The topological polar surface area (TPSA) is 36.4 Å². The maximum atomic E-state index is 13.1. The molecular formula is C11H13BrFN3. The summed E-state index contributed by atoms with van der Waals surface area (Å²) in [7, 11) is 0. The molecule has 3 nitrogen and oxygen atoms in total. The van der Waals surface area contributed by atoms with E-state index in [2.05, 4.69) is 31.6 Å². The lowest BCUT2D eigenvalue weighted by atomic mass is 10.2. The maximum absolute atomic E-state index is 13.1. The third-order valence-corrected chi connectivity index (χ3v) is 2.74. The van der Waals surface area contributed by atoms with Crippen LogP contribution in [0.25, 0.3) is 0 Å². The molecule has 1 heterocycles. The molecule has 0 aromatic heterocycles. The second-order valence-electron chi connectivity index (χ2n) is 3.64. The summed E-state index contributed by atoms with van der Waals surface area (Å²) in [6.07, 6.45) is 1.07. The molecule has 16 heavy (non-hydrogen) atoms.